The maximum Gasteiger partial charge on any atom is 0.182 e. The molecule has 1 N–H and O–H groups in total. The number of aromatic nitrogens is 2. The van der Waals surface area contributed by atoms with E-state index in [2.05, 4.69) is 40.4 Å². The van der Waals surface area contributed by atoms with Crippen LogP contribution in [0.25, 0.3) is 0 Å². The van der Waals surface area contributed by atoms with Crippen molar-refractivity contribution >= 4 is 11.6 Å². The van der Waals surface area contributed by atoms with Crippen LogP contribution >= 0.6 is 0 Å². The fourth-order valence-electron chi connectivity index (χ4n) is 1.85. The van der Waals surface area contributed by atoms with Crippen LogP contribution in [0.1, 0.15) is 11.1 Å². The van der Waals surface area contributed by atoms with Gasteiger partial charge in [-0.05, 0) is 12.5 Å². The minimum Gasteiger partial charge on any atom is -0.355 e. The number of nitrogens with one attached hydrogen (secondary N) is 1. The quantitative estimate of drug-likeness (QED) is 0.669. The van der Waals surface area contributed by atoms with Crippen molar-refractivity contribution in [3.05, 3.63) is 47.8 Å². The van der Waals surface area contributed by atoms with E-state index < -0.39 is 0 Å². The van der Waals surface area contributed by atoms with Gasteiger partial charge < -0.3 is 4.90 Å². The number of anilines is 2. The number of nitrogens with zero attached hydrogens (tertiary/aromatic N) is 4. The van der Waals surface area contributed by atoms with Gasteiger partial charge in [0.05, 0.1) is 0 Å². The lowest BCUT2D eigenvalue weighted by Gasteiger charge is -2.18. The van der Waals surface area contributed by atoms with Gasteiger partial charge in [-0.15, -0.1) is 0 Å². The predicted molar refractivity (Wildman–Crippen MR) is 74.6 cm³/mol. The van der Waals surface area contributed by atoms with E-state index in [9.17, 15) is 0 Å². The van der Waals surface area contributed by atoms with Gasteiger partial charge in [-0.2, -0.15) is 5.26 Å². The number of benzene rings is 1. The minimum atomic E-state index is 0.503. The normalized spacial score (nSPS) is 9.74. The Bertz CT molecular complexity index is 603. The Morgan fingerprint density at radius 3 is 2.89 bits per heavy atom. The van der Waals surface area contributed by atoms with Crippen LogP contribution in [0.15, 0.2) is 36.7 Å². The zero-order valence-electron chi connectivity index (χ0n) is 11.0. The first-order valence-electron chi connectivity index (χ1n) is 5.93. The third-order valence-electron chi connectivity index (χ3n) is 2.73. The second kappa shape index (κ2) is 5.83. The lowest BCUT2D eigenvalue weighted by molar-refractivity contribution is 0.890. The molecule has 0 aliphatic heterocycles. The fourth-order valence-corrected chi connectivity index (χ4v) is 1.85. The summed E-state index contributed by atoms with van der Waals surface area (Å²) >= 11 is 0. The molecule has 0 atom stereocenters. The van der Waals surface area contributed by atoms with Gasteiger partial charge in [0.2, 0.25) is 0 Å². The lowest BCUT2D eigenvalue weighted by atomic mass is 10.1. The number of nitriles is 1. The van der Waals surface area contributed by atoms with Crippen LogP contribution in [-0.4, -0.2) is 17.0 Å². The maximum atomic E-state index is 8.58. The molecule has 96 valence electrons. The molecule has 0 amide bonds. The highest BCUT2D eigenvalue weighted by molar-refractivity contribution is 5.50. The summed E-state index contributed by atoms with van der Waals surface area (Å²) in [4.78, 5) is 10.2. The zero-order valence-corrected chi connectivity index (χ0v) is 11.0. The highest BCUT2D eigenvalue weighted by atomic mass is 15.2. The van der Waals surface area contributed by atoms with Gasteiger partial charge in [0.25, 0.3) is 0 Å². The van der Waals surface area contributed by atoms with Crippen LogP contribution in [-0.2, 0) is 6.54 Å². The van der Waals surface area contributed by atoms with Gasteiger partial charge in [-0.3, -0.25) is 5.32 Å². The molecule has 0 unspecified atom stereocenters. The average Bonchev–Trinajstić information content (AvgIpc) is 2.39. The second-order valence-electron chi connectivity index (χ2n) is 4.34. The van der Waals surface area contributed by atoms with Crippen LogP contribution in [0.2, 0.25) is 0 Å². The molecule has 0 spiro atoms. The van der Waals surface area contributed by atoms with Gasteiger partial charge in [0.1, 0.15) is 18.0 Å². The first kappa shape index (κ1) is 12.8. The van der Waals surface area contributed by atoms with E-state index in [4.69, 9.17) is 5.26 Å². The topological polar surface area (TPSA) is 64.8 Å². The van der Waals surface area contributed by atoms with Crippen molar-refractivity contribution in [2.24, 2.45) is 0 Å². The lowest BCUT2D eigenvalue weighted by Crippen LogP contribution is -2.18. The van der Waals surface area contributed by atoms with Crippen LogP contribution in [0, 0.1) is 18.4 Å². The summed E-state index contributed by atoms with van der Waals surface area (Å²) in [6.45, 7) is 2.83. The highest BCUT2D eigenvalue weighted by Gasteiger charge is 2.05. The molecule has 0 aliphatic rings. The molecule has 0 radical (unpaired) electrons. The van der Waals surface area contributed by atoms with Crippen molar-refractivity contribution in [3.8, 4) is 6.19 Å². The molecule has 1 aromatic carbocycles. The first-order valence-corrected chi connectivity index (χ1v) is 5.93. The largest absolute Gasteiger partial charge is 0.355 e. The summed E-state index contributed by atoms with van der Waals surface area (Å²) in [5.41, 5.74) is 2.45. The Hall–Kier alpha value is -2.61. The first-order chi connectivity index (χ1) is 9.19. The molecule has 0 saturated carbocycles. The third-order valence-corrected chi connectivity index (χ3v) is 2.73. The zero-order chi connectivity index (χ0) is 13.7. The molecular weight excluding hydrogens is 238 g/mol. The van der Waals surface area contributed by atoms with E-state index in [1.807, 2.05) is 24.2 Å². The number of aryl methyl sites for hydroxylation is 1. The molecule has 2 aromatic rings. The van der Waals surface area contributed by atoms with E-state index in [1.54, 1.807) is 6.07 Å². The number of hydrogen-bond acceptors (Lipinski definition) is 5. The van der Waals surface area contributed by atoms with Crippen molar-refractivity contribution in [2.75, 3.05) is 17.3 Å². The Morgan fingerprint density at radius 2 is 2.16 bits per heavy atom. The molecule has 0 saturated heterocycles. The van der Waals surface area contributed by atoms with Crippen molar-refractivity contribution in [1.82, 2.24) is 9.97 Å². The summed E-state index contributed by atoms with van der Waals surface area (Å²) in [5.74, 6) is 1.28. The molecule has 2 rings (SSSR count). The van der Waals surface area contributed by atoms with E-state index in [0.717, 1.165) is 12.4 Å². The molecule has 19 heavy (non-hydrogen) atoms. The van der Waals surface area contributed by atoms with E-state index in [0.29, 0.717) is 5.82 Å². The second-order valence-corrected chi connectivity index (χ2v) is 4.34. The Kier molecular flexibility index (Phi) is 3.94. The van der Waals surface area contributed by atoms with Gasteiger partial charge >= 0.3 is 0 Å². The monoisotopic (exact) mass is 253 g/mol. The van der Waals surface area contributed by atoms with Crippen LogP contribution < -0.4 is 10.2 Å². The van der Waals surface area contributed by atoms with Crippen LogP contribution in [0.5, 0.6) is 0 Å². The van der Waals surface area contributed by atoms with Crippen molar-refractivity contribution < 1.29 is 0 Å². The summed E-state index contributed by atoms with van der Waals surface area (Å²) in [6, 6.07) is 10.1. The number of hydrogen-bond donors (Lipinski definition) is 1. The van der Waals surface area contributed by atoms with E-state index in [-0.39, 0.29) is 0 Å². The molecule has 0 bridgehead atoms. The van der Waals surface area contributed by atoms with Crippen LogP contribution in [0.4, 0.5) is 11.6 Å². The standard InChI is InChI=1S/C14H15N5/c1-11-4-3-5-12(6-11)8-19(2)14-7-13(16-9-15)17-10-18-14/h3-7,10H,8H2,1-2H3,(H,16,17,18). The molecule has 5 heteroatoms. The molecule has 5 nitrogen and oxygen atoms in total. The third kappa shape index (κ3) is 3.42. The average molecular weight is 253 g/mol. The van der Waals surface area contributed by atoms with E-state index >= 15 is 0 Å². The smallest absolute Gasteiger partial charge is 0.182 e. The van der Waals surface area contributed by atoms with Gasteiger partial charge in [-0.25, -0.2) is 9.97 Å². The molecular formula is C14H15N5. The minimum absolute atomic E-state index is 0.503. The van der Waals surface area contributed by atoms with Gasteiger partial charge in [0, 0.05) is 19.7 Å². The van der Waals surface area contributed by atoms with Crippen molar-refractivity contribution in [2.45, 2.75) is 13.5 Å². The summed E-state index contributed by atoms with van der Waals surface area (Å²) in [7, 11) is 1.96. The number of rotatable bonds is 4. The molecule has 0 fully saturated rings. The predicted octanol–water partition coefficient (Wildman–Crippen LogP) is 2.31. The Labute approximate surface area is 112 Å². The van der Waals surface area contributed by atoms with Crippen molar-refractivity contribution in [3.63, 3.8) is 0 Å². The maximum absolute atomic E-state index is 8.58. The summed E-state index contributed by atoms with van der Waals surface area (Å²) in [5, 5.41) is 11.1. The SMILES string of the molecule is Cc1cccc(CN(C)c2cc(NC#N)ncn2)c1. The van der Waals surface area contributed by atoms with Crippen LogP contribution in [0.3, 0.4) is 0 Å². The summed E-state index contributed by atoms with van der Waals surface area (Å²) in [6.07, 6.45) is 3.29. The van der Waals surface area contributed by atoms with Gasteiger partial charge in [0.15, 0.2) is 6.19 Å². The van der Waals surface area contributed by atoms with E-state index in [1.165, 1.54) is 17.5 Å². The van der Waals surface area contributed by atoms with Gasteiger partial charge in [-0.1, -0.05) is 29.8 Å². The molecule has 0 aliphatic carbocycles. The fraction of sp³-hybridized carbons (Fsp3) is 0.214. The molecule has 1 heterocycles. The Balaban J connectivity index is 2.13. The highest BCUT2D eigenvalue weighted by Crippen LogP contribution is 2.15. The Morgan fingerprint density at radius 1 is 1.32 bits per heavy atom. The van der Waals surface area contributed by atoms with Crippen molar-refractivity contribution in [1.29, 1.82) is 5.26 Å². The summed E-state index contributed by atoms with van der Waals surface area (Å²) < 4.78 is 0. The molecule has 1 aromatic heterocycles.